The van der Waals surface area contributed by atoms with Crippen molar-refractivity contribution in [3.63, 3.8) is 0 Å². The lowest BCUT2D eigenvalue weighted by Gasteiger charge is -2.10. The standard InChI is InChI=1S/C22H24N4O3/c1-3-20-24-25(11-7-10-21(27)23-14-16-8-5-4-6-9-16)22(28)18-13-19-17(26(18)20)12-15(2)29-19/h4-6,8-9,12-13H,3,7,10-11,14H2,1-2H3,(H,23,27). The van der Waals surface area contributed by atoms with Gasteiger partial charge in [-0.2, -0.15) is 5.10 Å². The van der Waals surface area contributed by atoms with Gasteiger partial charge in [-0.3, -0.25) is 14.0 Å². The predicted molar refractivity (Wildman–Crippen MR) is 111 cm³/mol. The molecule has 7 nitrogen and oxygen atoms in total. The number of nitrogens with one attached hydrogen (secondary N) is 1. The Balaban J connectivity index is 1.46. The van der Waals surface area contributed by atoms with Crippen molar-refractivity contribution in [2.75, 3.05) is 0 Å². The minimum absolute atomic E-state index is 0.0330. The van der Waals surface area contributed by atoms with Crippen molar-refractivity contribution in [3.8, 4) is 0 Å². The highest BCUT2D eigenvalue weighted by molar-refractivity contribution is 5.83. The first-order valence-electron chi connectivity index (χ1n) is 9.89. The average molecular weight is 392 g/mol. The van der Waals surface area contributed by atoms with Gasteiger partial charge in [0.05, 0.1) is 5.52 Å². The van der Waals surface area contributed by atoms with Gasteiger partial charge in [-0.25, -0.2) is 4.68 Å². The van der Waals surface area contributed by atoms with Crippen molar-refractivity contribution in [2.45, 2.75) is 46.2 Å². The van der Waals surface area contributed by atoms with Gasteiger partial charge >= 0.3 is 0 Å². The second-order valence-electron chi connectivity index (χ2n) is 7.14. The SMILES string of the molecule is CCc1nn(CCCC(=O)NCc2ccccc2)c(=O)c2cc3oc(C)cc3n12. The van der Waals surface area contributed by atoms with Crippen LogP contribution in [0.5, 0.6) is 0 Å². The smallest absolute Gasteiger partial charge is 0.291 e. The van der Waals surface area contributed by atoms with E-state index in [1.807, 2.05) is 54.6 Å². The summed E-state index contributed by atoms with van der Waals surface area (Å²) in [7, 11) is 0. The van der Waals surface area contributed by atoms with E-state index in [1.54, 1.807) is 6.07 Å². The number of nitrogens with zero attached hydrogens (tertiary/aromatic N) is 3. The second kappa shape index (κ2) is 7.95. The Bertz CT molecular complexity index is 1220. The van der Waals surface area contributed by atoms with Gasteiger partial charge < -0.3 is 9.73 Å². The average Bonchev–Trinajstić information content (AvgIpc) is 3.25. The highest BCUT2D eigenvalue weighted by atomic mass is 16.3. The van der Waals surface area contributed by atoms with Crippen LogP contribution in [-0.4, -0.2) is 20.1 Å². The lowest BCUT2D eigenvalue weighted by atomic mass is 10.2. The van der Waals surface area contributed by atoms with Crippen LogP contribution in [0.2, 0.25) is 0 Å². The summed E-state index contributed by atoms with van der Waals surface area (Å²) in [4.78, 5) is 25.0. The Morgan fingerprint density at radius 3 is 2.72 bits per heavy atom. The van der Waals surface area contributed by atoms with Gasteiger partial charge in [-0.05, 0) is 18.9 Å². The molecule has 0 saturated carbocycles. The fraction of sp³-hybridized carbons (Fsp3) is 0.318. The summed E-state index contributed by atoms with van der Waals surface area (Å²) < 4.78 is 9.01. The highest BCUT2D eigenvalue weighted by Gasteiger charge is 2.16. The maximum absolute atomic E-state index is 12.9. The Morgan fingerprint density at radius 2 is 1.97 bits per heavy atom. The summed E-state index contributed by atoms with van der Waals surface area (Å²) in [5, 5.41) is 7.44. The van der Waals surface area contributed by atoms with E-state index in [0.717, 1.165) is 22.7 Å². The number of hydrogen-bond acceptors (Lipinski definition) is 4. The molecule has 0 saturated heterocycles. The van der Waals surface area contributed by atoms with Gasteiger partial charge in [-0.15, -0.1) is 0 Å². The molecule has 7 heteroatoms. The molecule has 0 spiro atoms. The van der Waals surface area contributed by atoms with Crippen LogP contribution < -0.4 is 10.9 Å². The summed E-state index contributed by atoms with van der Waals surface area (Å²) in [6.07, 6.45) is 1.57. The molecule has 150 valence electrons. The number of carbonyl (C=O) groups is 1. The molecular weight excluding hydrogens is 368 g/mol. The first-order valence-corrected chi connectivity index (χ1v) is 9.89. The molecule has 1 amide bonds. The molecule has 3 aromatic heterocycles. The largest absolute Gasteiger partial charge is 0.460 e. The molecule has 4 aromatic rings. The first-order chi connectivity index (χ1) is 14.1. The zero-order chi connectivity index (χ0) is 20.4. The number of aromatic nitrogens is 3. The lowest BCUT2D eigenvalue weighted by Crippen LogP contribution is -2.28. The fourth-order valence-electron chi connectivity index (χ4n) is 3.57. The summed E-state index contributed by atoms with van der Waals surface area (Å²) >= 11 is 0. The van der Waals surface area contributed by atoms with Crippen molar-refractivity contribution in [3.05, 3.63) is 70.0 Å². The number of aryl methyl sites for hydroxylation is 3. The van der Waals surface area contributed by atoms with E-state index in [1.165, 1.54) is 4.68 Å². The van der Waals surface area contributed by atoms with Crippen LogP contribution >= 0.6 is 0 Å². The molecule has 1 N–H and O–H groups in total. The van der Waals surface area contributed by atoms with Crippen LogP contribution in [0.3, 0.4) is 0 Å². The van der Waals surface area contributed by atoms with Crippen molar-refractivity contribution >= 4 is 22.5 Å². The van der Waals surface area contributed by atoms with E-state index < -0.39 is 0 Å². The van der Waals surface area contributed by atoms with Crippen LogP contribution in [0.1, 0.15) is 36.9 Å². The minimum Gasteiger partial charge on any atom is -0.460 e. The second-order valence-corrected chi connectivity index (χ2v) is 7.14. The molecule has 0 atom stereocenters. The van der Waals surface area contributed by atoms with E-state index in [0.29, 0.717) is 43.5 Å². The van der Waals surface area contributed by atoms with Gasteiger partial charge in [0.25, 0.3) is 5.56 Å². The minimum atomic E-state index is -0.170. The molecule has 0 unspecified atom stereocenters. The van der Waals surface area contributed by atoms with Crippen molar-refractivity contribution in [1.82, 2.24) is 19.5 Å². The quantitative estimate of drug-likeness (QED) is 0.524. The zero-order valence-corrected chi connectivity index (χ0v) is 16.6. The lowest BCUT2D eigenvalue weighted by molar-refractivity contribution is -0.121. The molecule has 3 heterocycles. The van der Waals surface area contributed by atoms with E-state index in [4.69, 9.17) is 4.42 Å². The van der Waals surface area contributed by atoms with E-state index in [9.17, 15) is 9.59 Å². The molecule has 0 fully saturated rings. The third kappa shape index (κ3) is 3.81. The normalized spacial score (nSPS) is 11.4. The number of hydrogen-bond donors (Lipinski definition) is 1. The first kappa shape index (κ1) is 19.0. The van der Waals surface area contributed by atoms with Crippen LogP contribution in [0.25, 0.3) is 16.6 Å². The number of carbonyl (C=O) groups excluding carboxylic acids is 1. The molecule has 0 bridgehead atoms. The van der Waals surface area contributed by atoms with Crippen molar-refractivity contribution < 1.29 is 9.21 Å². The maximum Gasteiger partial charge on any atom is 0.291 e. The third-order valence-corrected chi connectivity index (χ3v) is 4.98. The monoisotopic (exact) mass is 392 g/mol. The van der Waals surface area contributed by atoms with Crippen LogP contribution in [0, 0.1) is 6.92 Å². The van der Waals surface area contributed by atoms with Crippen LogP contribution in [0.4, 0.5) is 0 Å². The summed E-state index contributed by atoms with van der Waals surface area (Å²) in [5.74, 6) is 1.57. The third-order valence-electron chi connectivity index (χ3n) is 4.98. The number of rotatable bonds is 7. The Morgan fingerprint density at radius 1 is 1.17 bits per heavy atom. The van der Waals surface area contributed by atoms with Crippen LogP contribution in [0.15, 0.2) is 51.7 Å². The number of benzene rings is 1. The van der Waals surface area contributed by atoms with E-state index in [2.05, 4.69) is 10.4 Å². The van der Waals surface area contributed by atoms with E-state index >= 15 is 0 Å². The number of fused-ring (bicyclic) bond motifs is 3. The van der Waals surface area contributed by atoms with Crippen molar-refractivity contribution in [1.29, 1.82) is 0 Å². The summed E-state index contributed by atoms with van der Waals surface area (Å²) in [6, 6.07) is 13.5. The Kier molecular flexibility index (Phi) is 5.20. The molecule has 1 aromatic carbocycles. The molecule has 0 aliphatic rings. The summed E-state index contributed by atoms with van der Waals surface area (Å²) in [5.41, 5.74) is 3.00. The molecule has 0 aliphatic carbocycles. The number of furan rings is 1. The molecule has 29 heavy (non-hydrogen) atoms. The zero-order valence-electron chi connectivity index (χ0n) is 16.6. The van der Waals surface area contributed by atoms with Gasteiger partial charge in [-0.1, -0.05) is 37.3 Å². The predicted octanol–water partition coefficient (Wildman–Crippen LogP) is 3.21. The van der Waals surface area contributed by atoms with Gasteiger partial charge in [0, 0.05) is 38.1 Å². The molecular formula is C22H24N4O3. The highest BCUT2D eigenvalue weighted by Crippen LogP contribution is 2.23. The van der Waals surface area contributed by atoms with Crippen molar-refractivity contribution in [2.24, 2.45) is 0 Å². The number of amides is 1. The summed E-state index contributed by atoms with van der Waals surface area (Å²) in [6.45, 7) is 4.79. The van der Waals surface area contributed by atoms with Crippen LogP contribution in [-0.2, 0) is 24.3 Å². The maximum atomic E-state index is 12.9. The van der Waals surface area contributed by atoms with Gasteiger partial charge in [0.15, 0.2) is 5.58 Å². The Hall–Kier alpha value is -3.35. The topological polar surface area (TPSA) is 81.5 Å². The van der Waals surface area contributed by atoms with Gasteiger partial charge in [0.2, 0.25) is 5.91 Å². The fourth-order valence-corrected chi connectivity index (χ4v) is 3.57. The molecule has 0 aliphatic heterocycles. The Labute approximate surface area is 167 Å². The van der Waals surface area contributed by atoms with Gasteiger partial charge in [0.1, 0.15) is 17.1 Å². The molecule has 4 rings (SSSR count). The van der Waals surface area contributed by atoms with E-state index in [-0.39, 0.29) is 11.5 Å². The molecule has 0 radical (unpaired) electrons.